The lowest BCUT2D eigenvalue weighted by Crippen LogP contribution is -2.11. The number of rotatable bonds is 10. The van der Waals surface area contributed by atoms with E-state index in [-0.39, 0.29) is 46.7 Å². The maximum atomic E-state index is 12.7. The third kappa shape index (κ3) is 6.23. The molecule has 0 saturated carbocycles. The summed E-state index contributed by atoms with van der Waals surface area (Å²) in [5.41, 5.74) is 0.337. The molecule has 4 rings (SSSR count). The maximum Gasteiger partial charge on any atom is 0.311 e. The van der Waals surface area contributed by atoms with Crippen molar-refractivity contribution >= 4 is 23.0 Å². The predicted octanol–water partition coefficient (Wildman–Crippen LogP) is 6.04. The average Bonchev–Trinajstić information content (AvgIpc) is 3.37. The maximum absolute atomic E-state index is 12.7. The second kappa shape index (κ2) is 11.1. The summed E-state index contributed by atoms with van der Waals surface area (Å²) in [5, 5.41) is 25.2. The number of hydrogen-bond donors (Lipinski definition) is 1. The van der Waals surface area contributed by atoms with Crippen molar-refractivity contribution in [3.05, 3.63) is 110 Å². The van der Waals surface area contributed by atoms with E-state index >= 15 is 0 Å². The molecule has 0 radical (unpaired) electrons. The van der Waals surface area contributed by atoms with Crippen LogP contribution in [0.15, 0.2) is 77.2 Å². The molecule has 0 fully saturated rings. The van der Waals surface area contributed by atoms with E-state index in [9.17, 15) is 25.0 Å². The number of aryl methyl sites for hydroxylation is 1. The van der Waals surface area contributed by atoms with Crippen molar-refractivity contribution in [2.24, 2.45) is 0 Å². The number of carbonyl (C=O) groups is 1. The summed E-state index contributed by atoms with van der Waals surface area (Å²) in [6.07, 6.45) is 0. The van der Waals surface area contributed by atoms with Crippen molar-refractivity contribution in [1.82, 2.24) is 0 Å². The van der Waals surface area contributed by atoms with Gasteiger partial charge in [0.05, 0.1) is 28.7 Å². The van der Waals surface area contributed by atoms with Gasteiger partial charge in [-0.3, -0.25) is 25.0 Å². The Morgan fingerprint density at radius 1 is 0.895 bits per heavy atom. The second-order valence-corrected chi connectivity index (χ2v) is 7.99. The zero-order valence-electron chi connectivity index (χ0n) is 20.2. The fourth-order valence-corrected chi connectivity index (χ4v) is 3.41. The second-order valence-electron chi connectivity index (χ2n) is 7.99. The van der Waals surface area contributed by atoms with Crippen LogP contribution in [0.4, 0.5) is 17.1 Å². The van der Waals surface area contributed by atoms with Gasteiger partial charge >= 0.3 is 5.69 Å². The van der Waals surface area contributed by atoms with Gasteiger partial charge in [0.15, 0.2) is 11.5 Å². The molecule has 0 atom stereocenters. The molecular weight excluding hydrogens is 498 g/mol. The van der Waals surface area contributed by atoms with E-state index in [1.54, 1.807) is 37.3 Å². The van der Waals surface area contributed by atoms with Crippen molar-refractivity contribution in [2.75, 3.05) is 12.4 Å². The highest BCUT2D eigenvalue weighted by Crippen LogP contribution is 2.31. The highest BCUT2D eigenvalue weighted by atomic mass is 16.6. The van der Waals surface area contributed by atoms with Crippen LogP contribution in [0.2, 0.25) is 0 Å². The van der Waals surface area contributed by atoms with Gasteiger partial charge < -0.3 is 23.9 Å². The van der Waals surface area contributed by atoms with Gasteiger partial charge in [-0.15, -0.1) is 0 Å². The molecule has 0 aliphatic carbocycles. The third-order valence-corrected chi connectivity index (χ3v) is 5.22. The van der Waals surface area contributed by atoms with Crippen molar-refractivity contribution < 1.29 is 33.3 Å². The fraction of sp³-hybridized carbons (Fsp3) is 0.115. The molecule has 0 aliphatic rings. The Balaban J connectivity index is 1.46. The van der Waals surface area contributed by atoms with Crippen LogP contribution >= 0.6 is 0 Å². The summed E-state index contributed by atoms with van der Waals surface area (Å²) < 4.78 is 21.8. The number of amides is 1. The van der Waals surface area contributed by atoms with Crippen LogP contribution in [-0.2, 0) is 6.61 Å². The van der Waals surface area contributed by atoms with Crippen LogP contribution in [0.5, 0.6) is 23.0 Å². The molecule has 3 aromatic carbocycles. The largest absolute Gasteiger partial charge is 0.497 e. The van der Waals surface area contributed by atoms with Gasteiger partial charge in [-0.1, -0.05) is 6.07 Å². The van der Waals surface area contributed by atoms with E-state index in [4.69, 9.17) is 18.6 Å². The molecule has 4 aromatic rings. The van der Waals surface area contributed by atoms with Crippen molar-refractivity contribution in [1.29, 1.82) is 0 Å². The molecule has 12 heteroatoms. The van der Waals surface area contributed by atoms with E-state index in [0.29, 0.717) is 17.1 Å². The smallest absolute Gasteiger partial charge is 0.311 e. The number of anilines is 1. The number of nitro benzene ring substituents is 2. The molecule has 38 heavy (non-hydrogen) atoms. The van der Waals surface area contributed by atoms with Crippen molar-refractivity contribution in [3.8, 4) is 23.0 Å². The van der Waals surface area contributed by atoms with Gasteiger partial charge in [0.25, 0.3) is 11.6 Å². The first-order valence-corrected chi connectivity index (χ1v) is 11.1. The number of furan rings is 1. The van der Waals surface area contributed by atoms with Crippen molar-refractivity contribution in [2.45, 2.75) is 13.5 Å². The normalized spacial score (nSPS) is 10.5. The molecule has 0 spiro atoms. The monoisotopic (exact) mass is 519 g/mol. The number of hydrogen-bond acceptors (Lipinski definition) is 9. The Morgan fingerprint density at radius 2 is 1.63 bits per heavy atom. The predicted molar refractivity (Wildman–Crippen MR) is 135 cm³/mol. The van der Waals surface area contributed by atoms with E-state index in [1.807, 2.05) is 0 Å². The lowest BCUT2D eigenvalue weighted by atomic mass is 10.2. The standard InChI is InChI=1S/C26H21N3O9/c1-16-3-9-24(23(11-16)29(33)34)36-15-21-8-10-25(38-21)26(30)27-17-12-18(28(31)32)14-22(13-17)37-20-6-4-19(35-2)5-7-20/h3-14H,15H2,1-2H3,(H,27,30). The number of nitro groups is 2. The van der Waals surface area contributed by atoms with Crippen molar-refractivity contribution in [3.63, 3.8) is 0 Å². The number of nitrogens with one attached hydrogen (secondary N) is 1. The molecule has 12 nitrogen and oxygen atoms in total. The molecule has 0 bridgehead atoms. The molecule has 1 amide bonds. The molecule has 0 aliphatic heterocycles. The van der Waals surface area contributed by atoms with Crippen LogP contribution < -0.4 is 19.5 Å². The minimum Gasteiger partial charge on any atom is -0.497 e. The van der Waals surface area contributed by atoms with Crippen LogP contribution in [-0.4, -0.2) is 22.9 Å². The topological polar surface area (TPSA) is 156 Å². The molecule has 194 valence electrons. The number of benzene rings is 3. The van der Waals surface area contributed by atoms with Gasteiger partial charge in [0.1, 0.15) is 29.6 Å². The Bertz CT molecular complexity index is 1500. The summed E-state index contributed by atoms with van der Waals surface area (Å²) in [6.45, 7) is 1.57. The Morgan fingerprint density at radius 3 is 2.32 bits per heavy atom. The van der Waals surface area contributed by atoms with E-state index in [2.05, 4.69) is 5.32 Å². The van der Waals surface area contributed by atoms with Crippen LogP contribution in [0.25, 0.3) is 0 Å². The molecular formula is C26H21N3O9. The molecule has 1 heterocycles. The number of ether oxygens (including phenoxy) is 3. The van der Waals surface area contributed by atoms with Crippen LogP contribution in [0, 0.1) is 27.2 Å². The average molecular weight is 519 g/mol. The quantitative estimate of drug-likeness (QED) is 0.195. The number of methoxy groups -OCH3 is 1. The highest BCUT2D eigenvalue weighted by molar-refractivity contribution is 6.02. The van der Waals surface area contributed by atoms with Gasteiger partial charge in [-0.2, -0.15) is 0 Å². The van der Waals surface area contributed by atoms with Crippen LogP contribution in [0.3, 0.4) is 0 Å². The third-order valence-electron chi connectivity index (χ3n) is 5.22. The van der Waals surface area contributed by atoms with Gasteiger partial charge in [0.2, 0.25) is 0 Å². The lowest BCUT2D eigenvalue weighted by molar-refractivity contribution is -0.386. The summed E-state index contributed by atoms with van der Waals surface area (Å²) in [6, 6.07) is 17.9. The number of carbonyl (C=O) groups excluding carboxylic acids is 1. The first-order valence-electron chi connectivity index (χ1n) is 11.1. The summed E-state index contributed by atoms with van der Waals surface area (Å²) >= 11 is 0. The highest BCUT2D eigenvalue weighted by Gasteiger charge is 2.18. The minimum absolute atomic E-state index is 0.0592. The molecule has 0 unspecified atom stereocenters. The fourth-order valence-electron chi connectivity index (χ4n) is 3.41. The first-order chi connectivity index (χ1) is 18.2. The zero-order valence-corrected chi connectivity index (χ0v) is 20.2. The first kappa shape index (κ1) is 25.7. The van der Waals surface area contributed by atoms with E-state index in [1.165, 1.54) is 49.6 Å². The Labute approximate surface area is 215 Å². The summed E-state index contributed by atoms with van der Waals surface area (Å²) in [4.78, 5) is 34.3. The van der Waals surface area contributed by atoms with E-state index in [0.717, 1.165) is 0 Å². The van der Waals surface area contributed by atoms with E-state index < -0.39 is 15.8 Å². The molecule has 1 N–H and O–H groups in total. The van der Waals surface area contributed by atoms with Gasteiger partial charge in [-0.05, 0) is 55.0 Å². The molecule has 1 aromatic heterocycles. The lowest BCUT2D eigenvalue weighted by Gasteiger charge is -2.09. The van der Waals surface area contributed by atoms with Gasteiger partial charge in [0, 0.05) is 18.2 Å². The number of non-ortho nitro benzene ring substituents is 1. The Hall–Kier alpha value is -5.39. The summed E-state index contributed by atoms with van der Waals surface area (Å²) in [7, 11) is 1.52. The number of nitrogens with zero attached hydrogens (tertiary/aromatic N) is 2. The Kier molecular flexibility index (Phi) is 7.52. The minimum atomic E-state index is -0.673. The molecule has 0 saturated heterocycles. The SMILES string of the molecule is COc1ccc(Oc2cc(NC(=O)c3ccc(COc4ccc(C)cc4[N+](=O)[O-])o3)cc([N+](=O)[O-])c2)cc1. The summed E-state index contributed by atoms with van der Waals surface area (Å²) in [5.74, 6) is 0.696. The van der Waals surface area contributed by atoms with Crippen LogP contribution in [0.1, 0.15) is 21.9 Å². The van der Waals surface area contributed by atoms with Gasteiger partial charge in [-0.25, -0.2) is 0 Å². The zero-order chi connectivity index (χ0) is 27.2.